The fourth-order valence-corrected chi connectivity index (χ4v) is 2.36. The number of rotatable bonds is 6. The first-order valence-corrected chi connectivity index (χ1v) is 7.33. The maximum absolute atomic E-state index is 13.1. The molecular weight excluding hydrogens is 317 g/mol. The lowest BCUT2D eigenvalue weighted by atomic mass is 9.96. The van der Waals surface area contributed by atoms with E-state index in [4.69, 9.17) is 5.11 Å². The van der Waals surface area contributed by atoms with Crippen molar-refractivity contribution in [2.24, 2.45) is 16.0 Å². The molecule has 8 heteroatoms. The number of anilines is 1. The molecule has 1 N–H and O–H groups in total. The average molecular weight is 335 g/mol. The Hall–Kier alpha value is -2.61. The molecule has 0 bridgehead atoms. The van der Waals surface area contributed by atoms with E-state index in [9.17, 15) is 14.0 Å². The Morgan fingerprint density at radius 1 is 1.42 bits per heavy atom. The average Bonchev–Trinajstić information content (AvgIpc) is 2.89. The predicted octanol–water partition coefficient (Wildman–Crippen LogP) is 1.16. The van der Waals surface area contributed by atoms with Crippen molar-refractivity contribution in [3.05, 3.63) is 30.1 Å². The van der Waals surface area contributed by atoms with Crippen LogP contribution < -0.4 is 5.01 Å². The van der Waals surface area contributed by atoms with E-state index in [1.807, 2.05) is 0 Å². The van der Waals surface area contributed by atoms with Crippen LogP contribution >= 0.6 is 0 Å². The highest BCUT2D eigenvalue weighted by Crippen LogP contribution is 2.26. The van der Waals surface area contributed by atoms with E-state index in [-0.39, 0.29) is 25.5 Å². The topological polar surface area (TPSA) is 91.6 Å². The van der Waals surface area contributed by atoms with Crippen molar-refractivity contribution in [2.45, 2.75) is 13.3 Å². The molecule has 0 saturated carbocycles. The van der Waals surface area contributed by atoms with Gasteiger partial charge in [-0.05, 0) is 31.2 Å². The first kappa shape index (κ1) is 17.7. The highest BCUT2D eigenvalue weighted by Gasteiger charge is 2.39. The molecule has 7 nitrogen and oxygen atoms in total. The molecule has 0 saturated heterocycles. The summed E-state index contributed by atoms with van der Waals surface area (Å²) in [4.78, 5) is 28.4. The molecule has 0 radical (unpaired) electrons. The molecule has 1 unspecified atom stereocenters. The van der Waals surface area contributed by atoms with Crippen molar-refractivity contribution >= 4 is 29.0 Å². The number of aliphatic hydroxyl groups is 1. The Kier molecular flexibility index (Phi) is 5.75. The summed E-state index contributed by atoms with van der Waals surface area (Å²) in [6.45, 7) is 1.64. The van der Waals surface area contributed by atoms with Crippen molar-refractivity contribution in [1.29, 1.82) is 0 Å². The third kappa shape index (κ3) is 3.83. The van der Waals surface area contributed by atoms with Gasteiger partial charge in [-0.15, -0.1) is 0 Å². The van der Waals surface area contributed by atoms with Crippen LogP contribution in [0.5, 0.6) is 0 Å². The van der Waals surface area contributed by atoms with Gasteiger partial charge in [-0.3, -0.25) is 14.6 Å². The van der Waals surface area contributed by atoms with Crippen molar-refractivity contribution < 1.29 is 23.8 Å². The van der Waals surface area contributed by atoms with E-state index in [1.165, 1.54) is 31.4 Å². The Balaban J connectivity index is 2.35. The zero-order valence-electron chi connectivity index (χ0n) is 13.4. The van der Waals surface area contributed by atoms with Gasteiger partial charge in [-0.1, -0.05) is 0 Å². The molecule has 1 aliphatic heterocycles. The Bertz CT molecular complexity index is 685. The zero-order chi connectivity index (χ0) is 17.7. The molecule has 1 aromatic carbocycles. The number of carbonyl (C=O) groups excluding carboxylic acids is 2. The molecular formula is C16H18FN3O4. The van der Waals surface area contributed by atoms with Gasteiger partial charge in [-0.25, -0.2) is 4.39 Å². The van der Waals surface area contributed by atoms with Gasteiger partial charge in [0.25, 0.3) is 5.91 Å². The van der Waals surface area contributed by atoms with Crippen molar-refractivity contribution in [3.8, 4) is 0 Å². The summed E-state index contributed by atoms with van der Waals surface area (Å²) in [5.74, 6) is -2.15. The molecule has 1 heterocycles. The van der Waals surface area contributed by atoms with E-state index in [0.717, 1.165) is 5.01 Å². The van der Waals surface area contributed by atoms with Crippen LogP contribution in [-0.4, -0.2) is 48.7 Å². The van der Waals surface area contributed by atoms with Crippen molar-refractivity contribution in [1.82, 2.24) is 0 Å². The molecule has 0 spiro atoms. The molecule has 128 valence electrons. The van der Waals surface area contributed by atoms with Gasteiger partial charge in [-0.2, -0.15) is 10.1 Å². The third-order valence-corrected chi connectivity index (χ3v) is 3.52. The molecule has 1 aromatic rings. The number of benzene rings is 1. The minimum Gasteiger partial charge on any atom is -0.469 e. The SMILES string of the molecule is COC(=O)CC1=NN(c2ccc(F)cc2)C(=O)C1C(C)=NCCO. The van der Waals surface area contributed by atoms with Crippen LogP contribution in [0, 0.1) is 11.7 Å². The summed E-state index contributed by atoms with van der Waals surface area (Å²) in [6.07, 6.45) is -0.156. The van der Waals surface area contributed by atoms with Crippen LogP contribution in [0.25, 0.3) is 0 Å². The first-order valence-electron chi connectivity index (χ1n) is 7.33. The highest BCUT2D eigenvalue weighted by atomic mass is 19.1. The smallest absolute Gasteiger partial charge is 0.311 e. The predicted molar refractivity (Wildman–Crippen MR) is 86.5 cm³/mol. The maximum Gasteiger partial charge on any atom is 0.311 e. The van der Waals surface area contributed by atoms with Gasteiger partial charge >= 0.3 is 5.97 Å². The van der Waals surface area contributed by atoms with Crippen molar-refractivity contribution in [2.75, 3.05) is 25.3 Å². The standard InChI is InChI=1S/C16H18FN3O4/c1-10(18-7-8-21)15-13(9-14(22)24-2)19-20(16(15)23)12-5-3-11(17)4-6-12/h3-6,15,21H,7-9H2,1-2H3. The number of halogens is 1. The lowest BCUT2D eigenvalue weighted by Crippen LogP contribution is -2.33. The third-order valence-electron chi connectivity index (χ3n) is 3.52. The molecule has 0 fully saturated rings. The number of esters is 1. The molecule has 0 aromatic heterocycles. The second-order valence-corrected chi connectivity index (χ2v) is 5.15. The molecule has 1 atom stereocenters. The van der Waals surface area contributed by atoms with Gasteiger partial charge in [0.2, 0.25) is 0 Å². The maximum atomic E-state index is 13.1. The van der Waals surface area contributed by atoms with E-state index in [2.05, 4.69) is 14.8 Å². The number of hydrazone groups is 1. The van der Waals surface area contributed by atoms with Gasteiger partial charge in [0.05, 0.1) is 38.1 Å². The summed E-state index contributed by atoms with van der Waals surface area (Å²) < 4.78 is 17.7. The summed E-state index contributed by atoms with van der Waals surface area (Å²) in [5, 5.41) is 14.2. The molecule has 1 amide bonds. The summed E-state index contributed by atoms with van der Waals surface area (Å²) in [5.41, 5.74) is 1.14. The van der Waals surface area contributed by atoms with Gasteiger partial charge in [0, 0.05) is 5.71 Å². The van der Waals surface area contributed by atoms with Gasteiger partial charge in [0.1, 0.15) is 11.7 Å². The normalized spacial score (nSPS) is 17.9. The number of aliphatic hydroxyl groups excluding tert-OH is 1. The summed E-state index contributed by atoms with van der Waals surface area (Å²) >= 11 is 0. The van der Waals surface area contributed by atoms with Crippen LogP contribution in [0.15, 0.2) is 34.4 Å². The minimum absolute atomic E-state index is 0.149. The lowest BCUT2D eigenvalue weighted by molar-refractivity contribution is -0.139. The molecule has 2 rings (SSSR count). The highest BCUT2D eigenvalue weighted by molar-refractivity contribution is 6.30. The Labute approximate surface area is 138 Å². The largest absolute Gasteiger partial charge is 0.469 e. The van der Waals surface area contributed by atoms with E-state index >= 15 is 0 Å². The van der Waals surface area contributed by atoms with Gasteiger partial charge in [0.15, 0.2) is 0 Å². The number of hydrogen-bond acceptors (Lipinski definition) is 6. The van der Waals surface area contributed by atoms with Crippen LogP contribution in [0.1, 0.15) is 13.3 Å². The van der Waals surface area contributed by atoms with E-state index in [1.54, 1.807) is 6.92 Å². The number of aliphatic imine (C=N–C) groups is 1. The second kappa shape index (κ2) is 7.78. The van der Waals surface area contributed by atoms with Crippen LogP contribution in [0.4, 0.5) is 10.1 Å². The molecule has 24 heavy (non-hydrogen) atoms. The van der Waals surface area contributed by atoms with Crippen LogP contribution in [-0.2, 0) is 14.3 Å². The number of nitrogens with zero attached hydrogens (tertiary/aromatic N) is 3. The van der Waals surface area contributed by atoms with E-state index in [0.29, 0.717) is 17.1 Å². The number of amides is 1. The van der Waals surface area contributed by atoms with Crippen molar-refractivity contribution in [3.63, 3.8) is 0 Å². The lowest BCUT2D eigenvalue weighted by Gasteiger charge is -2.14. The van der Waals surface area contributed by atoms with Crippen LogP contribution in [0.2, 0.25) is 0 Å². The number of methoxy groups -OCH3 is 1. The fraction of sp³-hybridized carbons (Fsp3) is 0.375. The molecule has 1 aliphatic rings. The van der Waals surface area contributed by atoms with Crippen LogP contribution in [0.3, 0.4) is 0 Å². The number of carbonyl (C=O) groups is 2. The van der Waals surface area contributed by atoms with E-state index < -0.39 is 17.7 Å². The summed E-state index contributed by atoms with van der Waals surface area (Å²) in [7, 11) is 1.25. The monoisotopic (exact) mass is 335 g/mol. The Morgan fingerprint density at radius 3 is 2.67 bits per heavy atom. The number of hydrogen-bond donors (Lipinski definition) is 1. The zero-order valence-corrected chi connectivity index (χ0v) is 13.4. The first-order chi connectivity index (χ1) is 11.5. The Morgan fingerprint density at radius 2 is 2.08 bits per heavy atom. The minimum atomic E-state index is -0.805. The molecule has 0 aliphatic carbocycles. The summed E-state index contributed by atoms with van der Waals surface area (Å²) in [6, 6.07) is 5.29. The fourth-order valence-electron chi connectivity index (χ4n) is 2.36. The van der Waals surface area contributed by atoms with Gasteiger partial charge < -0.3 is 9.84 Å². The quantitative estimate of drug-likeness (QED) is 0.624. The second-order valence-electron chi connectivity index (χ2n) is 5.15. The number of ether oxygens (including phenoxy) is 1.